The van der Waals surface area contributed by atoms with Gasteiger partial charge in [0.15, 0.2) is 5.69 Å². The number of H-pyrrole nitrogens is 1. The Morgan fingerprint density at radius 3 is 2.52 bits per heavy atom. The standard InChI is InChI=1S/C26H25N5O2/c32-25(28-20-7-3-1-4-8-20)19-13-18(15-27-16-19)17-11-12-23-22(14-17)24(31-30-23)26(33)29-21-9-5-2-6-10-21/h2,5-6,9-16,20H,1,3-4,7-8H2,(H,28,32)(H,29,33)(H,30,31). The van der Waals surface area contributed by atoms with Gasteiger partial charge in [-0.25, -0.2) is 0 Å². The summed E-state index contributed by atoms with van der Waals surface area (Å²) in [4.78, 5) is 29.9. The quantitative estimate of drug-likeness (QED) is 0.410. The molecular formula is C26H25N5O2. The minimum Gasteiger partial charge on any atom is -0.349 e. The van der Waals surface area contributed by atoms with E-state index in [1.54, 1.807) is 12.4 Å². The first-order valence-electron chi connectivity index (χ1n) is 11.3. The van der Waals surface area contributed by atoms with Crippen molar-refractivity contribution in [3.8, 4) is 11.1 Å². The third kappa shape index (κ3) is 4.62. The second-order valence-corrected chi connectivity index (χ2v) is 8.42. The van der Waals surface area contributed by atoms with Gasteiger partial charge in [0.2, 0.25) is 0 Å². The van der Waals surface area contributed by atoms with Crippen molar-refractivity contribution in [2.45, 2.75) is 38.1 Å². The Hall–Kier alpha value is -4.00. The summed E-state index contributed by atoms with van der Waals surface area (Å²) < 4.78 is 0. The van der Waals surface area contributed by atoms with Crippen molar-refractivity contribution >= 4 is 28.4 Å². The van der Waals surface area contributed by atoms with Gasteiger partial charge in [0, 0.05) is 35.1 Å². The van der Waals surface area contributed by atoms with Crippen molar-refractivity contribution < 1.29 is 9.59 Å². The van der Waals surface area contributed by atoms with Crippen LogP contribution in [0, 0.1) is 0 Å². The summed E-state index contributed by atoms with van der Waals surface area (Å²) in [7, 11) is 0. The van der Waals surface area contributed by atoms with Crippen LogP contribution in [0.4, 0.5) is 5.69 Å². The molecule has 2 heterocycles. The number of benzene rings is 2. The Labute approximate surface area is 191 Å². The second-order valence-electron chi connectivity index (χ2n) is 8.42. The summed E-state index contributed by atoms with van der Waals surface area (Å²) >= 11 is 0. The summed E-state index contributed by atoms with van der Waals surface area (Å²) in [6.45, 7) is 0. The maximum absolute atomic E-state index is 12.8. The highest BCUT2D eigenvalue weighted by Crippen LogP contribution is 2.26. The zero-order chi connectivity index (χ0) is 22.6. The molecule has 33 heavy (non-hydrogen) atoms. The monoisotopic (exact) mass is 439 g/mol. The molecule has 1 saturated carbocycles. The third-order valence-corrected chi connectivity index (χ3v) is 6.08. The van der Waals surface area contributed by atoms with Gasteiger partial charge < -0.3 is 10.6 Å². The second kappa shape index (κ2) is 9.24. The molecule has 0 saturated heterocycles. The van der Waals surface area contributed by atoms with Crippen LogP contribution in [0.1, 0.15) is 53.0 Å². The van der Waals surface area contributed by atoms with Crippen LogP contribution in [0.3, 0.4) is 0 Å². The average molecular weight is 440 g/mol. The number of amides is 2. The molecule has 0 atom stereocenters. The van der Waals surface area contributed by atoms with Crippen LogP contribution in [0.15, 0.2) is 67.0 Å². The summed E-state index contributed by atoms with van der Waals surface area (Å²) in [5, 5.41) is 13.9. The highest BCUT2D eigenvalue weighted by molar-refractivity contribution is 6.11. The van der Waals surface area contributed by atoms with E-state index < -0.39 is 0 Å². The lowest BCUT2D eigenvalue weighted by Crippen LogP contribution is -2.36. The molecule has 2 amide bonds. The van der Waals surface area contributed by atoms with Crippen molar-refractivity contribution in [3.05, 3.63) is 78.2 Å². The van der Waals surface area contributed by atoms with Gasteiger partial charge in [-0.15, -0.1) is 0 Å². The van der Waals surface area contributed by atoms with Crippen LogP contribution in [-0.4, -0.2) is 33.0 Å². The van der Waals surface area contributed by atoms with Gasteiger partial charge >= 0.3 is 0 Å². The lowest BCUT2D eigenvalue weighted by molar-refractivity contribution is 0.0926. The molecule has 2 aromatic carbocycles. The fraction of sp³-hybridized carbons (Fsp3) is 0.231. The number of anilines is 1. The molecule has 1 fully saturated rings. The topological polar surface area (TPSA) is 99.8 Å². The Balaban J connectivity index is 1.39. The van der Waals surface area contributed by atoms with E-state index in [1.807, 2.05) is 54.6 Å². The average Bonchev–Trinajstić information content (AvgIpc) is 3.29. The van der Waals surface area contributed by atoms with Crippen LogP contribution in [0.25, 0.3) is 22.0 Å². The number of nitrogens with zero attached hydrogens (tertiary/aromatic N) is 2. The number of aromatic amines is 1. The summed E-state index contributed by atoms with van der Waals surface area (Å²) in [6, 6.07) is 17.1. The minimum atomic E-state index is -0.289. The lowest BCUT2D eigenvalue weighted by Gasteiger charge is -2.22. The van der Waals surface area contributed by atoms with Crippen molar-refractivity contribution in [1.82, 2.24) is 20.5 Å². The van der Waals surface area contributed by atoms with E-state index in [1.165, 1.54) is 6.42 Å². The van der Waals surface area contributed by atoms with Crippen molar-refractivity contribution in [1.29, 1.82) is 0 Å². The Morgan fingerprint density at radius 1 is 0.879 bits per heavy atom. The summed E-state index contributed by atoms with van der Waals surface area (Å²) in [5.41, 5.74) is 3.98. The molecule has 1 aliphatic rings. The molecule has 5 rings (SSSR count). The fourth-order valence-corrected chi connectivity index (χ4v) is 4.32. The maximum atomic E-state index is 12.8. The predicted octanol–water partition coefficient (Wildman–Crippen LogP) is 4.94. The van der Waals surface area contributed by atoms with Crippen molar-refractivity contribution in [2.75, 3.05) is 5.32 Å². The van der Waals surface area contributed by atoms with Crippen molar-refractivity contribution in [2.24, 2.45) is 0 Å². The first-order valence-corrected chi connectivity index (χ1v) is 11.3. The van der Waals surface area contributed by atoms with Gasteiger partial charge in [-0.1, -0.05) is 43.5 Å². The van der Waals surface area contributed by atoms with E-state index in [0.717, 1.165) is 42.3 Å². The Morgan fingerprint density at radius 2 is 1.70 bits per heavy atom. The highest BCUT2D eigenvalue weighted by atomic mass is 16.2. The van der Waals surface area contributed by atoms with Crippen LogP contribution in [0.5, 0.6) is 0 Å². The highest BCUT2D eigenvalue weighted by Gasteiger charge is 2.18. The smallest absolute Gasteiger partial charge is 0.276 e. The normalized spacial score (nSPS) is 14.2. The van der Waals surface area contributed by atoms with Gasteiger partial charge in [0.25, 0.3) is 11.8 Å². The molecule has 1 aliphatic carbocycles. The molecular weight excluding hydrogens is 414 g/mol. The molecule has 7 nitrogen and oxygen atoms in total. The Kier molecular flexibility index (Phi) is 5.85. The molecule has 3 N–H and O–H groups in total. The van der Waals surface area contributed by atoms with E-state index in [2.05, 4.69) is 25.8 Å². The first-order chi connectivity index (χ1) is 16.2. The number of aromatic nitrogens is 3. The lowest BCUT2D eigenvalue weighted by atomic mass is 9.95. The van der Waals surface area contributed by atoms with Crippen molar-refractivity contribution in [3.63, 3.8) is 0 Å². The summed E-state index contributed by atoms with van der Waals surface area (Å²) in [6.07, 6.45) is 8.94. The zero-order valence-corrected chi connectivity index (χ0v) is 18.2. The van der Waals surface area contributed by atoms with E-state index in [4.69, 9.17) is 0 Å². The number of hydrogen-bond donors (Lipinski definition) is 3. The molecule has 0 radical (unpaired) electrons. The molecule has 2 aromatic heterocycles. The first kappa shape index (κ1) is 20.9. The van der Waals surface area contributed by atoms with Crippen LogP contribution in [-0.2, 0) is 0 Å². The number of pyridine rings is 1. The minimum absolute atomic E-state index is 0.0939. The predicted molar refractivity (Wildman–Crippen MR) is 128 cm³/mol. The number of carbonyl (C=O) groups is 2. The molecule has 0 spiro atoms. The van der Waals surface area contributed by atoms with E-state index in [9.17, 15) is 9.59 Å². The number of fused-ring (bicyclic) bond motifs is 1. The number of hydrogen-bond acceptors (Lipinski definition) is 4. The molecule has 166 valence electrons. The third-order valence-electron chi connectivity index (χ3n) is 6.08. The number of carbonyl (C=O) groups excluding carboxylic acids is 2. The SMILES string of the molecule is O=C(NC1CCCCC1)c1cncc(-c2ccc3[nH]nc(C(=O)Nc4ccccc4)c3c2)c1. The fourth-order valence-electron chi connectivity index (χ4n) is 4.32. The van der Waals surface area contributed by atoms with E-state index in [0.29, 0.717) is 22.3 Å². The van der Waals surface area contributed by atoms with Gasteiger partial charge in [0.1, 0.15) is 0 Å². The zero-order valence-electron chi connectivity index (χ0n) is 18.2. The van der Waals surface area contributed by atoms with E-state index >= 15 is 0 Å². The number of nitrogens with one attached hydrogen (secondary N) is 3. The van der Waals surface area contributed by atoms with Gasteiger partial charge in [-0.2, -0.15) is 5.10 Å². The molecule has 0 bridgehead atoms. The Bertz CT molecular complexity index is 1290. The number of rotatable bonds is 5. The largest absolute Gasteiger partial charge is 0.349 e. The van der Waals surface area contributed by atoms with Gasteiger partial charge in [-0.05, 0) is 48.7 Å². The van der Waals surface area contributed by atoms with Gasteiger partial charge in [-0.3, -0.25) is 19.7 Å². The molecule has 4 aromatic rings. The van der Waals surface area contributed by atoms with Crippen LogP contribution >= 0.6 is 0 Å². The maximum Gasteiger partial charge on any atom is 0.276 e. The summed E-state index contributed by atoms with van der Waals surface area (Å²) in [5.74, 6) is -0.382. The molecule has 7 heteroatoms. The molecule has 0 aliphatic heterocycles. The molecule has 0 unspecified atom stereocenters. The van der Waals surface area contributed by atoms with Gasteiger partial charge in [0.05, 0.1) is 11.1 Å². The van der Waals surface area contributed by atoms with E-state index in [-0.39, 0.29) is 17.9 Å². The van der Waals surface area contributed by atoms with Crippen LogP contribution in [0.2, 0.25) is 0 Å². The van der Waals surface area contributed by atoms with Crippen LogP contribution < -0.4 is 10.6 Å². The number of para-hydroxylation sites is 1.